The second-order valence-electron chi connectivity index (χ2n) is 5.15. The third-order valence-corrected chi connectivity index (χ3v) is 4.03. The van der Waals surface area contributed by atoms with Crippen LogP contribution in [-0.2, 0) is 6.54 Å². The van der Waals surface area contributed by atoms with Gasteiger partial charge in [0.15, 0.2) is 5.78 Å². The summed E-state index contributed by atoms with van der Waals surface area (Å²) >= 11 is 3.37. The number of ketones is 1. The van der Waals surface area contributed by atoms with Gasteiger partial charge in [0.1, 0.15) is 5.69 Å². The molecular formula is C18H19BrN2O. The van der Waals surface area contributed by atoms with E-state index in [1.165, 1.54) is 5.56 Å². The number of allylic oxidation sites excluding steroid dienone is 1. The molecule has 1 heterocycles. The Bertz CT molecular complexity index is 655. The molecule has 1 aromatic heterocycles. The zero-order chi connectivity index (χ0) is 15.9. The SMILES string of the molecule is C=C(C)N(CCC(=O)c1ncccc1Br)Cc1ccccc1. The van der Waals surface area contributed by atoms with E-state index in [-0.39, 0.29) is 5.78 Å². The molecule has 2 aromatic rings. The lowest BCUT2D eigenvalue weighted by atomic mass is 10.1. The number of hydrogen-bond donors (Lipinski definition) is 0. The van der Waals surface area contributed by atoms with Crippen molar-refractivity contribution in [1.29, 1.82) is 0 Å². The molecule has 0 spiro atoms. The number of carbonyl (C=O) groups is 1. The molecule has 3 nitrogen and oxygen atoms in total. The maximum absolute atomic E-state index is 12.3. The molecule has 0 fully saturated rings. The molecule has 0 atom stereocenters. The van der Waals surface area contributed by atoms with Crippen molar-refractivity contribution in [3.05, 3.63) is 76.7 Å². The molecular weight excluding hydrogens is 340 g/mol. The highest BCUT2D eigenvalue weighted by Crippen LogP contribution is 2.16. The van der Waals surface area contributed by atoms with Crippen molar-refractivity contribution < 1.29 is 4.79 Å². The molecule has 0 bridgehead atoms. The van der Waals surface area contributed by atoms with Crippen molar-refractivity contribution in [1.82, 2.24) is 9.88 Å². The Morgan fingerprint density at radius 2 is 1.95 bits per heavy atom. The van der Waals surface area contributed by atoms with Crippen LogP contribution in [0.25, 0.3) is 0 Å². The van der Waals surface area contributed by atoms with Crippen molar-refractivity contribution in [3.8, 4) is 0 Å². The summed E-state index contributed by atoms with van der Waals surface area (Å²) in [7, 11) is 0. The second kappa shape index (κ2) is 7.90. The molecule has 0 N–H and O–H groups in total. The first-order chi connectivity index (χ1) is 10.6. The van der Waals surface area contributed by atoms with Gasteiger partial charge in [-0.05, 0) is 40.5 Å². The van der Waals surface area contributed by atoms with Crippen molar-refractivity contribution in [2.45, 2.75) is 19.9 Å². The number of benzene rings is 1. The van der Waals surface area contributed by atoms with Gasteiger partial charge in [0, 0.05) is 35.9 Å². The van der Waals surface area contributed by atoms with Gasteiger partial charge in [-0.2, -0.15) is 0 Å². The molecule has 0 radical (unpaired) electrons. The van der Waals surface area contributed by atoms with E-state index in [9.17, 15) is 4.79 Å². The van der Waals surface area contributed by atoms with Gasteiger partial charge >= 0.3 is 0 Å². The van der Waals surface area contributed by atoms with Gasteiger partial charge in [0.2, 0.25) is 0 Å². The fraction of sp³-hybridized carbons (Fsp3) is 0.222. The Morgan fingerprint density at radius 1 is 1.23 bits per heavy atom. The minimum absolute atomic E-state index is 0.0341. The van der Waals surface area contributed by atoms with Crippen LogP contribution < -0.4 is 0 Å². The first-order valence-electron chi connectivity index (χ1n) is 7.16. The topological polar surface area (TPSA) is 33.2 Å². The van der Waals surface area contributed by atoms with Crippen molar-refractivity contribution in [2.75, 3.05) is 6.54 Å². The van der Waals surface area contributed by atoms with Crippen molar-refractivity contribution in [2.24, 2.45) is 0 Å². The summed E-state index contributed by atoms with van der Waals surface area (Å²) in [5.74, 6) is 0.0341. The average molecular weight is 359 g/mol. The molecule has 114 valence electrons. The van der Waals surface area contributed by atoms with Crippen LogP contribution in [0.4, 0.5) is 0 Å². The summed E-state index contributed by atoms with van der Waals surface area (Å²) in [5.41, 5.74) is 2.65. The van der Waals surface area contributed by atoms with Gasteiger partial charge in [0.25, 0.3) is 0 Å². The molecule has 0 amide bonds. The van der Waals surface area contributed by atoms with Gasteiger partial charge in [-0.25, -0.2) is 0 Å². The minimum Gasteiger partial charge on any atom is -0.371 e. The van der Waals surface area contributed by atoms with E-state index in [1.807, 2.05) is 31.2 Å². The first-order valence-corrected chi connectivity index (χ1v) is 7.95. The number of halogens is 1. The third-order valence-electron chi connectivity index (χ3n) is 3.39. The third kappa shape index (κ3) is 4.53. The molecule has 0 aliphatic heterocycles. The zero-order valence-electron chi connectivity index (χ0n) is 12.6. The quantitative estimate of drug-likeness (QED) is 0.685. The van der Waals surface area contributed by atoms with Gasteiger partial charge < -0.3 is 4.90 Å². The zero-order valence-corrected chi connectivity index (χ0v) is 14.2. The van der Waals surface area contributed by atoms with E-state index < -0.39 is 0 Å². The highest BCUT2D eigenvalue weighted by molar-refractivity contribution is 9.10. The van der Waals surface area contributed by atoms with Crippen LogP contribution in [0.2, 0.25) is 0 Å². The largest absolute Gasteiger partial charge is 0.371 e. The van der Waals surface area contributed by atoms with Crippen LogP contribution in [0.15, 0.2) is 65.4 Å². The number of rotatable bonds is 7. The van der Waals surface area contributed by atoms with Gasteiger partial charge in [-0.15, -0.1) is 0 Å². The van der Waals surface area contributed by atoms with Crippen LogP contribution in [0.1, 0.15) is 29.4 Å². The number of Topliss-reactive ketones (excluding diaryl/α,β-unsaturated/α-hetero) is 1. The predicted octanol–water partition coefficient (Wildman–Crippen LogP) is 4.45. The van der Waals surface area contributed by atoms with E-state index in [1.54, 1.807) is 12.3 Å². The summed E-state index contributed by atoms with van der Waals surface area (Å²) in [6.07, 6.45) is 2.05. The molecule has 0 aliphatic carbocycles. The van der Waals surface area contributed by atoms with E-state index in [0.29, 0.717) is 18.7 Å². The summed E-state index contributed by atoms with van der Waals surface area (Å²) in [6, 6.07) is 13.8. The van der Waals surface area contributed by atoms with E-state index in [0.717, 1.165) is 16.7 Å². The van der Waals surface area contributed by atoms with Crippen LogP contribution in [-0.4, -0.2) is 22.2 Å². The molecule has 2 rings (SSSR count). The average Bonchev–Trinajstić information content (AvgIpc) is 2.52. The Morgan fingerprint density at radius 3 is 2.59 bits per heavy atom. The Balaban J connectivity index is 1.99. The van der Waals surface area contributed by atoms with Gasteiger partial charge in [0.05, 0.1) is 0 Å². The Labute approximate surface area is 139 Å². The Kier molecular flexibility index (Phi) is 5.90. The lowest BCUT2D eigenvalue weighted by molar-refractivity contribution is 0.0964. The molecule has 4 heteroatoms. The molecule has 0 saturated carbocycles. The van der Waals surface area contributed by atoms with Crippen LogP contribution >= 0.6 is 15.9 Å². The van der Waals surface area contributed by atoms with Crippen LogP contribution in [0.3, 0.4) is 0 Å². The molecule has 0 saturated heterocycles. The number of pyridine rings is 1. The minimum atomic E-state index is 0.0341. The summed E-state index contributed by atoms with van der Waals surface area (Å²) < 4.78 is 0.741. The maximum atomic E-state index is 12.3. The maximum Gasteiger partial charge on any atom is 0.184 e. The lowest BCUT2D eigenvalue weighted by Gasteiger charge is -2.24. The van der Waals surface area contributed by atoms with Gasteiger partial charge in [-0.1, -0.05) is 36.9 Å². The lowest BCUT2D eigenvalue weighted by Crippen LogP contribution is -2.24. The number of carbonyl (C=O) groups excluding carboxylic acids is 1. The number of aromatic nitrogens is 1. The first kappa shape index (κ1) is 16.4. The highest BCUT2D eigenvalue weighted by Gasteiger charge is 2.13. The molecule has 0 unspecified atom stereocenters. The van der Waals surface area contributed by atoms with Crippen molar-refractivity contribution >= 4 is 21.7 Å². The van der Waals surface area contributed by atoms with Crippen molar-refractivity contribution in [3.63, 3.8) is 0 Å². The monoisotopic (exact) mass is 358 g/mol. The highest BCUT2D eigenvalue weighted by atomic mass is 79.9. The smallest absolute Gasteiger partial charge is 0.184 e. The van der Waals surface area contributed by atoms with E-state index >= 15 is 0 Å². The fourth-order valence-electron chi connectivity index (χ4n) is 2.15. The second-order valence-corrected chi connectivity index (χ2v) is 6.00. The predicted molar refractivity (Wildman–Crippen MR) is 92.6 cm³/mol. The standard InChI is InChI=1S/C18H19BrN2O/c1-14(2)21(13-15-7-4-3-5-8-15)12-10-17(22)18-16(19)9-6-11-20-18/h3-9,11H,1,10,12-13H2,2H3. The molecule has 22 heavy (non-hydrogen) atoms. The fourth-order valence-corrected chi connectivity index (χ4v) is 2.63. The van der Waals surface area contributed by atoms with E-state index in [4.69, 9.17) is 0 Å². The number of nitrogens with zero attached hydrogens (tertiary/aromatic N) is 2. The van der Waals surface area contributed by atoms with Crippen LogP contribution in [0.5, 0.6) is 0 Å². The summed E-state index contributed by atoms with van der Waals surface area (Å²) in [4.78, 5) is 18.6. The Hall–Kier alpha value is -1.94. The summed E-state index contributed by atoms with van der Waals surface area (Å²) in [5, 5.41) is 0. The molecule has 1 aromatic carbocycles. The summed E-state index contributed by atoms with van der Waals surface area (Å²) in [6.45, 7) is 7.36. The number of hydrogen-bond acceptors (Lipinski definition) is 3. The molecule has 0 aliphatic rings. The normalized spacial score (nSPS) is 10.3. The van der Waals surface area contributed by atoms with E-state index in [2.05, 4.69) is 44.5 Å². The van der Waals surface area contributed by atoms with Gasteiger partial charge in [-0.3, -0.25) is 9.78 Å². The van der Waals surface area contributed by atoms with Crippen LogP contribution in [0, 0.1) is 0 Å².